The molecule has 0 atom stereocenters. The van der Waals surface area contributed by atoms with Crippen LogP contribution in [0.1, 0.15) is 11.3 Å². The Morgan fingerprint density at radius 3 is 2.82 bits per heavy atom. The monoisotopic (exact) mass is 321 g/mol. The van der Waals surface area contributed by atoms with Gasteiger partial charge in [0.15, 0.2) is 5.11 Å². The van der Waals surface area contributed by atoms with Gasteiger partial charge in [0.2, 0.25) is 5.91 Å². The predicted molar refractivity (Wildman–Crippen MR) is 85.9 cm³/mol. The van der Waals surface area contributed by atoms with E-state index < -0.39 is 0 Å². The van der Waals surface area contributed by atoms with Crippen LogP contribution in [0.5, 0.6) is 0 Å². The van der Waals surface area contributed by atoms with Crippen molar-refractivity contribution in [3.05, 3.63) is 53.7 Å². The summed E-state index contributed by atoms with van der Waals surface area (Å²) in [6.07, 6.45) is 1.54. The number of aryl methyl sites for hydroxylation is 1. The third kappa shape index (κ3) is 4.85. The minimum absolute atomic E-state index is 0.0148. The fraction of sp³-hybridized carbons (Fsp3) is 0.200. The van der Waals surface area contributed by atoms with Crippen molar-refractivity contribution < 1.29 is 13.6 Å². The first-order valence-electron chi connectivity index (χ1n) is 6.64. The number of rotatable bonds is 5. The zero-order chi connectivity index (χ0) is 15.9. The van der Waals surface area contributed by atoms with Gasteiger partial charge in [0, 0.05) is 5.69 Å². The smallest absolute Gasteiger partial charge is 0.239 e. The van der Waals surface area contributed by atoms with Crippen LogP contribution in [0.25, 0.3) is 0 Å². The van der Waals surface area contributed by atoms with E-state index in [1.54, 1.807) is 37.5 Å². The molecule has 0 aliphatic rings. The Morgan fingerprint density at radius 1 is 1.32 bits per heavy atom. The minimum Gasteiger partial charge on any atom is -0.467 e. The number of benzene rings is 1. The highest BCUT2D eigenvalue weighted by molar-refractivity contribution is 7.80. The van der Waals surface area contributed by atoms with Crippen LogP contribution < -0.4 is 16.0 Å². The summed E-state index contributed by atoms with van der Waals surface area (Å²) in [6, 6.07) is 8.23. The van der Waals surface area contributed by atoms with E-state index in [9.17, 15) is 9.18 Å². The lowest BCUT2D eigenvalue weighted by molar-refractivity contribution is -0.120. The Labute approximate surface area is 132 Å². The molecule has 0 bridgehead atoms. The molecule has 5 nitrogen and oxygen atoms in total. The van der Waals surface area contributed by atoms with E-state index in [1.165, 1.54) is 6.07 Å². The van der Waals surface area contributed by atoms with E-state index in [4.69, 9.17) is 16.6 Å². The summed E-state index contributed by atoms with van der Waals surface area (Å²) in [6.45, 7) is 2.01. The second-order valence-electron chi connectivity index (χ2n) is 4.63. The Morgan fingerprint density at radius 2 is 2.14 bits per heavy atom. The molecule has 1 amide bonds. The molecule has 0 aliphatic heterocycles. The summed E-state index contributed by atoms with van der Waals surface area (Å²) in [7, 11) is 0. The standard InChI is InChI=1S/C15H16FN3O2S/c1-10-4-5-11(7-13(10)16)19-15(22)18-9-14(20)17-8-12-3-2-6-21-12/h2-7H,8-9H2,1H3,(H,17,20)(H2,18,19,22). The highest BCUT2D eigenvalue weighted by Gasteiger charge is 2.05. The number of hydrogen-bond donors (Lipinski definition) is 3. The number of carbonyl (C=O) groups excluding carboxylic acids is 1. The molecule has 0 spiro atoms. The molecule has 3 N–H and O–H groups in total. The average molecular weight is 321 g/mol. The number of furan rings is 1. The third-order valence-electron chi connectivity index (χ3n) is 2.88. The normalized spacial score (nSPS) is 10.1. The minimum atomic E-state index is -0.316. The summed E-state index contributed by atoms with van der Waals surface area (Å²) < 4.78 is 18.5. The van der Waals surface area contributed by atoms with Crippen LogP contribution >= 0.6 is 12.2 Å². The van der Waals surface area contributed by atoms with Crippen LogP contribution in [0.15, 0.2) is 41.0 Å². The van der Waals surface area contributed by atoms with Gasteiger partial charge < -0.3 is 20.4 Å². The van der Waals surface area contributed by atoms with Crippen LogP contribution in [0.3, 0.4) is 0 Å². The predicted octanol–water partition coefficient (Wildman–Crippen LogP) is 2.33. The van der Waals surface area contributed by atoms with Gasteiger partial charge in [0.05, 0.1) is 19.4 Å². The van der Waals surface area contributed by atoms with Crippen LogP contribution in [0.2, 0.25) is 0 Å². The molecule has 116 valence electrons. The van der Waals surface area contributed by atoms with Crippen LogP contribution in [0, 0.1) is 12.7 Å². The molecule has 0 fully saturated rings. The van der Waals surface area contributed by atoms with Crippen molar-refractivity contribution in [1.29, 1.82) is 0 Å². The number of nitrogens with one attached hydrogen (secondary N) is 3. The van der Waals surface area contributed by atoms with Gasteiger partial charge in [0.1, 0.15) is 11.6 Å². The molecule has 1 heterocycles. The van der Waals surface area contributed by atoms with Gasteiger partial charge in [-0.2, -0.15) is 0 Å². The first kappa shape index (κ1) is 16.0. The van der Waals surface area contributed by atoms with E-state index in [-0.39, 0.29) is 23.4 Å². The second kappa shape index (κ2) is 7.56. The van der Waals surface area contributed by atoms with Gasteiger partial charge >= 0.3 is 0 Å². The van der Waals surface area contributed by atoms with Crippen LogP contribution in [-0.4, -0.2) is 17.6 Å². The number of anilines is 1. The molecule has 1 aromatic carbocycles. The summed E-state index contributed by atoms with van der Waals surface area (Å²) >= 11 is 5.05. The maximum Gasteiger partial charge on any atom is 0.239 e. The molecule has 1 aromatic heterocycles. The maximum atomic E-state index is 13.4. The summed E-state index contributed by atoms with van der Waals surface area (Å²) in [5.74, 6) is 0.129. The Kier molecular flexibility index (Phi) is 5.48. The quantitative estimate of drug-likeness (QED) is 0.738. The maximum absolute atomic E-state index is 13.4. The molecule has 2 rings (SSSR count). The fourth-order valence-corrected chi connectivity index (χ4v) is 1.86. The molecule has 0 saturated carbocycles. The third-order valence-corrected chi connectivity index (χ3v) is 3.13. The average Bonchev–Trinajstić information content (AvgIpc) is 3.00. The van der Waals surface area contributed by atoms with E-state index in [1.807, 2.05) is 0 Å². The van der Waals surface area contributed by atoms with Gasteiger partial charge in [-0.1, -0.05) is 6.07 Å². The Hall–Kier alpha value is -2.41. The van der Waals surface area contributed by atoms with Crippen LogP contribution in [-0.2, 0) is 11.3 Å². The first-order chi connectivity index (χ1) is 10.5. The van der Waals surface area contributed by atoms with Crippen molar-refractivity contribution in [2.75, 3.05) is 11.9 Å². The van der Waals surface area contributed by atoms with E-state index in [0.717, 1.165) is 0 Å². The highest BCUT2D eigenvalue weighted by atomic mass is 32.1. The number of thiocarbonyl (C=S) groups is 1. The molecule has 22 heavy (non-hydrogen) atoms. The lowest BCUT2D eigenvalue weighted by Crippen LogP contribution is -2.38. The van der Waals surface area contributed by atoms with E-state index >= 15 is 0 Å². The molecule has 0 saturated heterocycles. The van der Waals surface area contributed by atoms with Crippen LogP contribution in [0.4, 0.5) is 10.1 Å². The molecule has 2 aromatic rings. The number of hydrogen-bond acceptors (Lipinski definition) is 3. The molecule has 0 unspecified atom stereocenters. The lowest BCUT2D eigenvalue weighted by Gasteiger charge is -2.11. The molecular formula is C15H16FN3O2S. The summed E-state index contributed by atoms with van der Waals surface area (Å²) in [5, 5.41) is 8.49. The fourth-order valence-electron chi connectivity index (χ4n) is 1.67. The Bertz CT molecular complexity index is 659. The van der Waals surface area contributed by atoms with Gasteiger partial charge in [-0.15, -0.1) is 0 Å². The van der Waals surface area contributed by atoms with Gasteiger partial charge in [-0.05, 0) is 49.0 Å². The molecule has 7 heteroatoms. The molecule has 0 radical (unpaired) electrons. The van der Waals surface area contributed by atoms with Crippen molar-refractivity contribution in [2.24, 2.45) is 0 Å². The molecular weight excluding hydrogens is 305 g/mol. The van der Waals surface area contributed by atoms with Crippen molar-refractivity contribution in [3.63, 3.8) is 0 Å². The highest BCUT2D eigenvalue weighted by Crippen LogP contribution is 2.13. The van der Waals surface area contributed by atoms with E-state index in [2.05, 4.69) is 16.0 Å². The first-order valence-corrected chi connectivity index (χ1v) is 7.05. The van der Waals surface area contributed by atoms with Crippen molar-refractivity contribution in [2.45, 2.75) is 13.5 Å². The number of amides is 1. The topological polar surface area (TPSA) is 66.3 Å². The van der Waals surface area contributed by atoms with Gasteiger partial charge in [-0.25, -0.2) is 4.39 Å². The summed E-state index contributed by atoms with van der Waals surface area (Å²) in [4.78, 5) is 11.6. The zero-order valence-electron chi connectivity index (χ0n) is 12.0. The van der Waals surface area contributed by atoms with Crippen molar-refractivity contribution in [1.82, 2.24) is 10.6 Å². The molecule has 0 aliphatic carbocycles. The van der Waals surface area contributed by atoms with Gasteiger partial charge in [0.25, 0.3) is 0 Å². The van der Waals surface area contributed by atoms with Crippen molar-refractivity contribution in [3.8, 4) is 0 Å². The van der Waals surface area contributed by atoms with Gasteiger partial charge in [-0.3, -0.25) is 4.79 Å². The number of carbonyl (C=O) groups is 1. The van der Waals surface area contributed by atoms with Crippen molar-refractivity contribution >= 4 is 28.9 Å². The SMILES string of the molecule is Cc1ccc(NC(=S)NCC(=O)NCc2ccco2)cc1F. The lowest BCUT2D eigenvalue weighted by atomic mass is 10.2. The zero-order valence-corrected chi connectivity index (χ0v) is 12.8. The summed E-state index contributed by atoms with van der Waals surface area (Å²) in [5.41, 5.74) is 1.08. The largest absolute Gasteiger partial charge is 0.467 e. The second-order valence-corrected chi connectivity index (χ2v) is 5.04. The number of halogens is 1. The van der Waals surface area contributed by atoms with E-state index in [0.29, 0.717) is 23.6 Å². The Balaban J connectivity index is 1.72.